The highest BCUT2D eigenvalue weighted by Gasteiger charge is 1.61. The van der Waals surface area contributed by atoms with Crippen molar-refractivity contribution in [2.45, 2.75) is 6.92 Å². The Hall–Kier alpha value is -0.890. The van der Waals surface area contributed by atoms with Gasteiger partial charge in [0.05, 0.1) is 6.54 Å². The fraction of sp³-hybridized carbons (Fsp3) is 1.00. The highest BCUT2D eigenvalue weighted by Crippen LogP contribution is 1.55. The van der Waals surface area contributed by atoms with Crippen LogP contribution in [0.25, 0.3) is 10.4 Å². The smallest absolute Gasteiger partial charge is 0.0831 e. The van der Waals surface area contributed by atoms with E-state index in [1.807, 2.05) is 6.92 Å². The van der Waals surface area contributed by atoms with Crippen molar-refractivity contribution in [3.63, 3.8) is 0 Å². The van der Waals surface area contributed by atoms with E-state index in [0.29, 0.717) is 6.54 Å². The molecule has 0 aromatic carbocycles. The van der Waals surface area contributed by atoms with E-state index in [1.54, 1.807) is 0 Å². The summed E-state index contributed by atoms with van der Waals surface area (Å²) in [7, 11) is 0. The molecule has 1 N–H and O–H groups in total. The van der Waals surface area contributed by atoms with Gasteiger partial charge in [-0.05, 0) is 12.1 Å². The van der Waals surface area contributed by atoms with E-state index in [1.165, 1.54) is 0 Å². The van der Waals surface area contributed by atoms with Gasteiger partial charge in [0.1, 0.15) is 0 Å². The van der Waals surface area contributed by atoms with Gasteiger partial charge in [-0.15, -0.1) is 5.53 Å². The summed E-state index contributed by atoms with van der Waals surface area (Å²) in [5.74, 6) is 0. The van der Waals surface area contributed by atoms with Gasteiger partial charge < -0.3 is 0 Å². The first-order valence-electron chi connectivity index (χ1n) is 1.68. The van der Waals surface area contributed by atoms with Gasteiger partial charge in [0, 0.05) is 0 Å². The van der Waals surface area contributed by atoms with Crippen LogP contribution in [-0.4, -0.2) is 6.54 Å². The highest BCUT2D eigenvalue weighted by atomic mass is 15.4. The minimum Gasteiger partial charge on any atom is -0.261 e. The van der Waals surface area contributed by atoms with Crippen molar-refractivity contribution in [1.82, 2.24) is 5.43 Å². The molecule has 0 heterocycles. The van der Waals surface area contributed by atoms with Gasteiger partial charge in [0.2, 0.25) is 0 Å². The summed E-state index contributed by atoms with van der Waals surface area (Å²) in [6.45, 7) is 2.54. The molecular weight excluding hydrogens is 80.0 g/mol. The molecule has 0 rings (SSSR count). The predicted molar refractivity (Wildman–Crippen MR) is 22.8 cm³/mol. The third-order valence-corrected chi connectivity index (χ3v) is 0.274. The molecule has 0 bridgehead atoms. The standard InChI is InChI=1S/C2H6N4/c1-2-4-6-5-3/h4H,2H2,1H3. The first-order valence-corrected chi connectivity index (χ1v) is 1.68. The summed E-state index contributed by atoms with van der Waals surface area (Å²) in [6.07, 6.45) is 0. The summed E-state index contributed by atoms with van der Waals surface area (Å²) in [4.78, 5) is 2.44. The van der Waals surface area contributed by atoms with E-state index < -0.39 is 0 Å². The third-order valence-electron chi connectivity index (χ3n) is 0.274. The molecule has 6 heavy (non-hydrogen) atoms. The molecule has 0 amide bonds. The topological polar surface area (TPSA) is 60.8 Å². The summed E-state index contributed by atoms with van der Waals surface area (Å²) >= 11 is 0. The maximum absolute atomic E-state index is 7.59. The third kappa shape index (κ3) is 3.11. The van der Waals surface area contributed by atoms with Crippen LogP contribution in [0.2, 0.25) is 0 Å². The van der Waals surface area contributed by atoms with Gasteiger partial charge in [-0.25, -0.2) is 0 Å². The lowest BCUT2D eigenvalue weighted by molar-refractivity contribution is 0.771. The lowest BCUT2D eigenvalue weighted by Crippen LogP contribution is -1.99. The summed E-state index contributed by atoms with van der Waals surface area (Å²) in [6, 6.07) is 0. The average Bonchev–Trinajstić information content (AvgIpc) is 1.61. The van der Waals surface area contributed by atoms with Crippen LogP contribution in [0.15, 0.2) is 5.22 Å². The molecular formula is C2H6N4. The van der Waals surface area contributed by atoms with Gasteiger partial charge in [-0.1, -0.05) is 0 Å². The molecule has 4 heteroatoms. The van der Waals surface area contributed by atoms with E-state index in [9.17, 15) is 0 Å². The van der Waals surface area contributed by atoms with Crippen LogP contribution >= 0.6 is 0 Å². The van der Waals surface area contributed by atoms with Crippen LogP contribution in [0.5, 0.6) is 0 Å². The molecule has 0 aliphatic carbocycles. The number of azide groups is 1. The maximum atomic E-state index is 7.59. The Morgan fingerprint density at radius 3 is 2.83 bits per heavy atom. The number of hydrogen-bond acceptors (Lipinski definition) is 1. The van der Waals surface area contributed by atoms with E-state index in [-0.39, 0.29) is 0 Å². The normalized spacial score (nSPS) is 6.17. The van der Waals surface area contributed by atoms with Crippen molar-refractivity contribution < 1.29 is 0 Å². The summed E-state index contributed by atoms with van der Waals surface area (Å²) in [5, 5.41) is 3.02. The maximum Gasteiger partial charge on any atom is 0.0831 e. The van der Waals surface area contributed by atoms with Crippen molar-refractivity contribution >= 4 is 0 Å². The molecule has 0 aromatic rings. The van der Waals surface area contributed by atoms with Gasteiger partial charge in [-0.3, -0.25) is 5.43 Å². The van der Waals surface area contributed by atoms with Crippen molar-refractivity contribution in [3.05, 3.63) is 10.4 Å². The Labute approximate surface area is 35.8 Å². The van der Waals surface area contributed by atoms with Gasteiger partial charge >= 0.3 is 0 Å². The molecule has 34 valence electrons. The molecule has 0 saturated heterocycles. The van der Waals surface area contributed by atoms with Crippen LogP contribution in [0.3, 0.4) is 0 Å². The van der Waals surface area contributed by atoms with Crippen molar-refractivity contribution in [2.24, 2.45) is 5.22 Å². The summed E-state index contributed by atoms with van der Waals surface area (Å²) < 4.78 is 0. The number of hydrogen-bond donors (Lipinski definition) is 1. The van der Waals surface area contributed by atoms with Crippen LogP contribution in [-0.2, 0) is 0 Å². The van der Waals surface area contributed by atoms with Crippen LogP contribution < -0.4 is 5.43 Å². The van der Waals surface area contributed by atoms with Crippen molar-refractivity contribution in [3.8, 4) is 0 Å². The van der Waals surface area contributed by atoms with Crippen molar-refractivity contribution in [1.29, 1.82) is 0 Å². The molecule has 0 saturated carbocycles. The lowest BCUT2D eigenvalue weighted by atomic mass is 10.8. The molecule has 0 spiro atoms. The molecule has 0 aliphatic rings. The first-order chi connectivity index (χ1) is 2.91. The summed E-state index contributed by atoms with van der Waals surface area (Å²) in [5.41, 5.74) is 10.00. The average molecular weight is 86.1 g/mol. The lowest BCUT2D eigenvalue weighted by Gasteiger charge is -1.77. The molecule has 0 atom stereocenters. The van der Waals surface area contributed by atoms with E-state index in [0.717, 1.165) is 0 Å². The zero-order valence-electron chi connectivity index (χ0n) is 3.55. The predicted octanol–water partition coefficient (Wildman–Crippen LogP) is 0.821. The Kier molecular flexibility index (Phi) is 3.50. The van der Waals surface area contributed by atoms with Crippen molar-refractivity contribution in [2.75, 3.05) is 6.54 Å². The second-order valence-corrected chi connectivity index (χ2v) is 0.701. The second-order valence-electron chi connectivity index (χ2n) is 0.701. The number of nitrogens with one attached hydrogen (secondary N) is 1. The van der Waals surface area contributed by atoms with E-state index in [4.69, 9.17) is 5.53 Å². The fourth-order valence-electron chi connectivity index (χ4n) is 0.102. The van der Waals surface area contributed by atoms with Gasteiger partial charge in [0.25, 0.3) is 0 Å². The molecule has 4 nitrogen and oxygen atoms in total. The number of rotatable bonds is 2. The minimum absolute atomic E-state index is 0.685. The van der Waals surface area contributed by atoms with Crippen LogP contribution in [0.4, 0.5) is 0 Å². The SMILES string of the molecule is CCNN=[N+]=[N-]. The highest BCUT2D eigenvalue weighted by molar-refractivity contribution is 4.34. The monoisotopic (exact) mass is 86.1 g/mol. The van der Waals surface area contributed by atoms with Gasteiger partial charge in [-0.2, -0.15) is 4.91 Å². The van der Waals surface area contributed by atoms with Crippen LogP contribution in [0.1, 0.15) is 6.92 Å². The molecule has 0 fully saturated rings. The Balaban J connectivity index is 2.86. The molecule has 0 radical (unpaired) electrons. The minimum atomic E-state index is 0.685. The largest absolute Gasteiger partial charge is 0.261 e. The second kappa shape index (κ2) is 4.11. The molecule has 0 unspecified atom stereocenters. The number of nitrogens with zero attached hydrogens (tertiary/aromatic N) is 3. The van der Waals surface area contributed by atoms with Gasteiger partial charge in [0.15, 0.2) is 0 Å². The Morgan fingerprint density at radius 2 is 2.67 bits per heavy atom. The Morgan fingerprint density at radius 1 is 2.00 bits per heavy atom. The molecule has 0 aliphatic heterocycles. The zero-order chi connectivity index (χ0) is 4.83. The van der Waals surface area contributed by atoms with Crippen LogP contribution in [0, 0.1) is 0 Å². The first kappa shape index (κ1) is 5.11. The quantitative estimate of drug-likeness (QED) is 0.230. The van der Waals surface area contributed by atoms with E-state index in [2.05, 4.69) is 15.6 Å². The fourth-order valence-corrected chi connectivity index (χ4v) is 0.102. The zero-order valence-corrected chi connectivity index (χ0v) is 3.55. The Bertz CT molecular complexity index is 61.9. The molecule has 0 aromatic heterocycles. The van der Waals surface area contributed by atoms with E-state index >= 15 is 0 Å².